The molecule has 1 saturated heterocycles. The van der Waals surface area contributed by atoms with Gasteiger partial charge >= 0.3 is 0 Å². The van der Waals surface area contributed by atoms with Crippen LogP contribution in [0.1, 0.15) is 44.8 Å². The highest BCUT2D eigenvalue weighted by atomic mass is 35.5. The fraction of sp³-hybridized carbons (Fsp3) is 0.588. The normalized spacial score (nSPS) is 25.9. The number of nitrogens with one attached hydrogen (secondary N) is 1. The molecule has 1 aromatic rings. The first-order valence-electron chi connectivity index (χ1n) is 7.86. The van der Waals surface area contributed by atoms with Crippen LogP contribution in [-0.4, -0.2) is 23.4 Å². The van der Waals surface area contributed by atoms with E-state index in [-0.39, 0.29) is 18.1 Å². The lowest BCUT2D eigenvalue weighted by Gasteiger charge is -2.24. The van der Waals surface area contributed by atoms with Gasteiger partial charge in [-0.3, -0.25) is 10.1 Å². The van der Waals surface area contributed by atoms with Crippen molar-refractivity contribution in [2.45, 2.75) is 45.3 Å². The minimum Gasteiger partial charge on any atom is -0.321 e. The lowest BCUT2D eigenvalue weighted by atomic mass is 10.0. The molecule has 2 aliphatic rings. The Morgan fingerprint density at radius 2 is 2.14 bits per heavy atom. The molecule has 1 aliphatic heterocycles. The Kier molecular flexibility index (Phi) is 4.23. The summed E-state index contributed by atoms with van der Waals surface area (Å²) >= 11 is 6.11. The molecule has 0 radical (unpaired) electrons. The second kappa shape index (κ2) is 5.98. The summed E-state index contributed by atoms with van der Waals surface area (Å²) in [6, 6.07) is 7.78. The maximum absolute atomic E-state index is 12.7. The van der Waals surface area contributed by atoms with Gasteiger partial charge in [-0.25, -0.2) is 0 Å². The summed E-state index contributed by atoms with van der Waals surface area (Å²) < 4.78 is 0. The van der Waals surface area contributed by atoms with Gasteiger partial charge in [0, 0.05) is 11.6 Å². The van der Waals surface area contributed by atoms with E-state index in [1.807, 2.05) is 23.1 Å². The quantitative estimate of drug-likeness (QED) is 0.901. The van der Waals surface area contributed by atoms with Crippen LogP contribution in [-0.2, 0) is 4.79 Å². The van der Waals surface area contributed by atoms with Gasteiger partial charge in [-0.2, -0.15) is 0 Å². The number of amides is 1. The number of nitrogens with zero attached hydrogens (tertiary/aromatic N) is 1. The molecule has 3 rings (SSSR count). The molecule has 3 nitrogen and oxygen atoms in total. The first-order valence-corrected chi connectivity index (χ1v) is 8.24. The Morgan fingerprint density at radius 1 is 1.38 bits per heavy atom. The number of halogens is 1. The predicted octanol–water partition coefficient (Wildman–Crippen LogP) is 3.60. The molecule has 0 spiro atoms. The Balaban J connectivity index is 1.83. The van der Waals surface area contributed by atoms with Crippen molar-refractivity contribution in [3.05, 3.63) is 34.9 Å². The molecule has 4 heteroatoms. The van der Waals surface area contributed by atoms with E-state index >= 15 is 0 Å². The molecule has 0 bridgehead atoms. The average Bonchev–Trinajstić information content (AvgIpc) is 3.19. The molecule has 1 amide bonds. The lowest BCUT2D eigenvalue weighted by Crippen LogP contribution is -2.33. The number of hydrogen-bond donors (Lipinski definition) is 1. The van der Waals surface area contributed by atoms with Gasteiger partial charge in [0.1, 0.15) is 6.17 Å². The van der Waals surface area contributed by atoms with Gasteiger partial charge in [0.15, 0.2) is 0 Å². The molecule has 1 heterocycles. The van der Waals surface area contributed by atoms with Crippen LogP contribution in [0.3, 0.4) is 0 Å². The summed E-state index contributed by atoms with van der Waals surface area (Å²) in [6.45, 7) is 5.19. The van der Waals surface area contributed by atoms with Gasteiger partial charge in [0.25, 0.3) is 0 Å². The van der Waals surface area contributed by atoms with Gasteiger partial charge in [-0.1, -0.05) is 37.6 Å². The van der Waals surface area contributed by atoms with Crippen LogP contribution in [0.5, 0.6) is 0 Å². The van der Waals surface area contributed by atoms with Gasteiger partial charge in [-0.15, -0.1) is 0 Å². The Hall–Kier alpha value is -1.06. The predicted molar refractivity (Wildman–Crippen MR) is 85.0 cm³/mol. The molecule has 2 atom stereocenters. The van der Waals surface area contributed by atoms with Gasteiger partial charge in [0.05, 0.1) is 6.04 Å². The first-order chi connectivity index (χ1) is 10.0. The summed E-state index contributed by atoms with van der Waals surface area (Å²) in [5, 5.41) is 4.24. The SMILES string of the molecule is CC(C)CC1NC(c2cccc(Cl)c2)N(CC2CC2)C1=O. The van der Waals surface area contributed by atoms with Crippen molar-refractivity contribution in [1.29, 1.82) is 0 Å². The lowest BCUT2D eigenvalue weighted by molar-refractivity contribution is -0.130. The van der Waals surface area contributed by atoms with E-state index in [1.54, 1.807) is 0 Å². The molecule has 0 aromatic heterocycles. The number of carbonyl (C=O) groups excluding carboxylic acids is 1. The minimum absolute atomic E-state index is 0.0273. The zero-order valence-corrected chi connectivity index (χ0v) is 13.4. The molecule has 2 unspecified atom stereocenters. The highest BCUT2D eigenvalue weighted by Crippen LogP contribution is 2.35. The third-order valence-electron chi connectivity index (χ3n) is 4.28. The highest BCUT2D eigenvalue weighted by Gasteiger charge is 2.41. The van der Waals surface area contributed by atoms with E-state index in [2.05, 4.69) is 25.2 Å². The van der Waals surface area contributed by atoms with Crippen LogP contribution >= 0.6 is 11.6 Å². The average molecular weight is 307 g/mol. The van der Waals surface area contributed by atoms with Crippen molar-refractivity contribution in [1.82, 2.24) is 10.2 Å². The van der Waals surface area contributed by atoms with Crippen molar-refractivity contribution in [3.8, 4) is 0 Å². The van der Waals surface area contributed by atoms with E-state index in [0.717, 1.165) is 23.6 Å². The molecule has 1 N–H and O–H groups in total. The molecular weight excluding hydrogens is 284 g/mol. The van der Waals surface area contributed by atoms with Gasteiger partial charge in [-0.05, 0) is 48.8 Å². The third-order valence-corrected chi connectivity index (χ3v) is 4.51. The van der Waals surface area contributed by atoms with Gasteiger partial charge in [0.2, 0.25) is 5.91 Å². The number of hydrogen-bond acceptors (Lipinski definition) is 2. The zero-order valence-electron chi connectivity index (χ0n) is 12.7. The summed E-state index contributed by atoms with van der Waals surface area (Å²) in [5.41, 5.74) is 1.09. The number of carbonyl (C=O) groups is 1. The van der Waals surface area contributed by atoms with E-state index in [9.17, 15) is 4.79 Å². The smallest absolute Gasteiger partial charge is 0.241 e. The summed E-state index contributed by atoms with van der Waals surface area (Å²) in [5.74, 6) is 1.45. The second-order valence-corrected chi connectivity index (χ2v) is 7.18. The van der Waals surface area contributed by atoms with Crippen LogP contribution in [0.25, 0.3) is 0 Å². The van der Waals surface area contributed by atoms with Gasteiger partial charge < -0.3 is 4.90 Å². The molecule has 1 aromatic carbocycles. The highest BCUT2D eigenvalue weighted by molar-refractivity contribution is 6.30. The Labute approximate surface area is 131 Å². The van der Waals surface area contributed by atoms with Crippen LogP contribution in [0.15, 0.2) is 24.3 Å². The van der Waals surface area contributed by atoms with E-state index in [0.29, 0.717) is 11.8 Å². The van der Waals surface area contributed by atoms with Crippen molar-refractivity contribution in [2.75, 3.05) is 6.54 Å². The number of benzene rings is 1. The van der Waals surface area contributed by atoms with Crippen LogP contribution in [0.4, 0.5) is 0 Å². The maximum atomic E-state index is 12.7. The minimum atomic E-state index is -0.0623. The fourth-order valence-electron chi connectivity index (χ4n) is 3.05. The van der Waals surface area contributed by atoms with Crippen LogP contribution in [0.2, 0.25) is 5.02 Å². The van der Waals surface area contributed by atoms with Crippen LogP contribution in [0, 0.1) is 11.8 Å². The fourth-order valence-corrected chi connectivity index (χ4v) is 3.25. The summed E-state index contributed by atoms with van der Waals surface area (Å²) in [4.78, 5) is 14.7. The molecule has 2 fully saturated rings. The van der Waals surface area contributed by atoms with Crippen molar-refractivity contribution in [3.63, 3.8) is 0 Å². The van der Waals surface area contributed by atoms with Crippen molar-refractivity contribution >= 4 is 17.5 Å². The molecule has 1 aliphatic carbocycles. The second-order valence-electron chi connectivity index (χ2n) is 6.74. The Bertz CT molecular complexity index is 527. The first kappa shape index (κ1) is 14.9. The topological polar surface area (TPSA) is 32.3 Å². The number of rotatable bonds is 5. The molecular formula is C17H23ClN2O. The summed E-state index contributed by atoms with van der Waals surface area (Å²) in [7, 11) is 0. The monoisotopic (exact) mass is 306 g/mol. The zero-order chi connectivity index (χ0) is 15.0. The van der Waals surface area contributed by atoms with E-state index in [4.69, 9.17) is 11.6 Å². The third kappa shape index (κ3) is 3.41. The largest absolute Gasteiger partial charge is 0.321 e. The van der Waals surface area contributed by atoms with Crippen molar-refractivity contribution in [2.24, 2.45) is 11.8 Å². The Morgan fingerprint density at radius 3 is 2.76 bits per heavy atom. The standard InChI is InChI=1S/C17H23ClN2O/c1-11(2)8-15-17(21)20(10-12-6-7-12)16(19-15)13-4-3-5-14(18)9-13/h3-5,9,11-12,15-16,19H,6-8,10H2,1-2H3. The van der Waals surface area contributed by atoms with Crippen molar-refractivity contribution < 1.29 is 4.79 Å². The molecule has 21 heavy (non-hydrogen) atoms. The molecule has 1 saturated carbocycles. The van der Waals surface area contributed by atoms with E-state index < -0.39 is 0 Å². The van der Waals surface area contributed by atoms with E-state index in [1.165, 1.54) is 12.8 Å². The maximum Gasteiger partial charge on any atom is 0.241 e. The summed E-state index contributed by atoms with van der Waals surface area (Å²) in [6.07, 6.45) is 3.36. The molecule has 114 valence electrons. The van der Waals surface area contributed by atoms with Crippen LogP contribution < -0.4 is 5.32 Å².